The highest BCUT2D eigenvalue weighted by molar-refractivity contribution is 9.10. The number of halogens is 1. The summed E-state index contributed by atoms with van der Waals surface area (Å²) >= 11 is 3.28. The van der Waals surface area contributed by atoms with Gasteiger partial charge in [0.25, 0.3) is 0 Å². The zero-order valence-electron chi connectivity index (χ0n) is 10.2. The average molecular weight is 335 g/mol. The lowest BCUT2D eigenvalue weighted by molar-refractivity contribution is 0.325. The fourth-order valence-electron chi connectivity index (χ4n) is 1.82. The molecule has 0 aromatic carbocycles. The van der Waals surface area contributed by atoms with Gasteiger partial charge in [0.15, 0.2) is 0 Å². The van der Waals surface area contributed by atoms with Crippen molar-refractivity contribution in [1.29, 1.82) is 0 Å². The summed E-state index contributed by atoms with van der Waals surface area (Å²) < 4.78 is 24.8. The van der Waals surface area contributed by atoms with E-state index in [0.717, 1.165) is 17.6 Å². The minimum absolute atomic E-state index is 0.344. The number of rotatable bonds is 4. The van der Waals surface area contributed by atoms with Gasteiger partial charge in [-0.15, -0.1) is 0 Å². The van der Waals surface area contributed by atoms with E-state index in [-0.39, 0.29) is 0 Å². The van der Waals surface area contributed by atoms with Crippen molar-refractivity contribution in [2.24, 2.45) is 5.92 Å². The standard InChI is InChI=1S/C10H15BrN4O2S/c1-14(18(2,16)17)5-8-6-15(7-8)10-12-3-9(11)4-13-10/h3-4,8H,5-7H2,1-2H3. The summed E-state index contributed by atoms with van der Waals surface area (Å²) in [7, 11) is -1.48. The average Bonchev–Trinajstić information content (AvgIpc) is 2.23. The maximum atomic E-state index is 11.3. The molecule has 0 spiro atoms. The molecule has 2 rings (SSSR count). The number of hydrogen-bond acceptors (Lipinski definition) is 5. The Morgan fingerprint density at radius 2 is 2.00 bits per heavy atom. The summed E-state index contributed by atoms with van der Waals surface area (Å²) in [6.07, 6.45) is 4.64. The van der Waals surface area contributed by atoms with Crippen LogP contribution in [0.1, 0.15) is 0 Å². The molecule has 0 N–H and O–H groups in total. The zero-order chi connectivity index (χ0) is 13.3. The first-order chi connectivity index (χ1) is 8.36. The minimum atomic E-state index is -3.08. The first-order valence-corrected chi connectivity index (χ1v) is 8.14. The summed E-state index contributed by atoms with van der Waals surface area (Å²) in [5.41, 5.74) is 0. The SMILES string of the molecule is CN(CC1CN(c2ncc(Br)cn2)C1)S(C)(=O)=O. The van der Waals surface area contributed by atoms with Gasteiger partial charge in [-0.1, -0.05) is 0 Å². The molecule has 18 heavy (non-hydrogen) atoms. The third-order valence-electron chi connectivity index (χ3n) is 2.93. The Morgan fingerprint density at radius 3 is 2.50 bits per heavy atom. The molecule has 8 heteroatoms. The van der Waals surface area contributed by atoms with Gasteiger partial charge in [0.1, 0.15) is 0 Å². The normalized spacial score (nSPS) is 17.0. The highest BCUT2D eigenvalue weighted by atomic mass is 79.9. The van der Waals surface area contributed by atoms with Crippen LogP contribution in [0, 0.1) is 5.92 Å². The van der Waals surface area contributed by atoms with E-state index in [1.165, 1.54) is 10.6 Å². The third kappa shape index (κ3) is 3.18. The van der Waals surface area contributed by atoms with Gasteiger partial charge in [-0.3, -0.25) is 0 Å². The van der Waals surface area contributed by atoms with Gasteiger partial charge in [-0.25, -0.2) is 22.7 Å². The second-order valence-corrected chi connectivity index (χ2v) is 7.52. The summed E-state index contributed by atoms with van der Waals surface area (Å²) in [6.45, 7) is 2.13. The fraction of sp³-hybridized carbons (Fsp3) is 0.600. The molecular weight excluding hydrogens is 320 g/mol. The van der Waals surface area contributed by atoms with E-state index in [4.69, 9.17) is 0 Å². The molecular formula is C10H15BrN4O2S. The maximum Gasteiger partial charge on any atom is 0.225 e. The molecule has 0 unspecified atom stereocenters. The van der Waals surface area contributed by atoms with E-state index in [1.54, 1.807) is 19.4 Å². The van der Waals surface area contributed by atoms with Crippen LogP contribution in [0.2, 0.25) is 0 Å². The largest absolute Gasteiger partial charge is 0.340 e. The van der Waals surface area contributed by atoms with E-state index in [9.17, 15) is 8.42 Å². The van der Waals surface area contributed by atoms with Gasteiger partial charge in [-0.05, 0) is 15.9 Å². The molecule has 0 bridgehead atoms. The Balaban J connectivity index is 1.86. The Labute approximate surface area is 115 Å². The first kappa shape index (κ1) is 13.7. The van der Waals surface area contributed by atoms with Gasteiger partial charge in [0.2, 0.25) is 16.0 Å². The monoisotopic (exact) mass is 334 g/mol. The second kappa shape index (κ2) is 5.10. The van der Waals surface area contributed by atoms with Crippen molar-refractivity contribution in [3.8, 4) is 0 Å². The van der Waals surface area contributed by atoms with Crippen LogP contribution in [0.3, 0.4) is 0 Å². The molecule has 1 aliphatic rings. The summed E-state index contributed by atoms with van der Waals surface area (Å²) in [5, 5.41) is 0. The van der Waals surface area contributed by atoms with E-state index in [1.807, 2.05) is 4.90 Å². The topological polar surface area (TPSA) is 66.4 Å². The zero-order valence-corrected chi connectivity index (χ0v) is 12.6. The van der Waals surface area contributed by atoms with Crippen LogP contribution in [0.25, 0.3) is 0 Å². The molecule has 0 radical (unpaired) electrons. The number of hydrogen-bond donors (Lipinski definition) is 0. The summed E-state index contributed by atoms with van der Waals surface area (Å²) in [6, 6.07) is 0. The van der Waals surface area contributed by atoms with Crippen LogP contribution in [-0.2, 0) is 10.0 Å². The Morgan fingerprint density at radius 1 is 1.44 bits per heavy atom. The summed E-state index contributed by atoms with van der Waals surface area (Å²) in [4.78, 5) is 10.4. The molecule has 1 aromatic rings. The van der Waals surface area contributed by atoms with E-state index < -0.39 is 10.0 Å². The lowest BCUT2D eigenvalue weighted by Gasteiger charge is -2.40. The molecule has 1 saturated heterocycles. The number of sulfonamides is 1. The minimum Gasteiger partial charge on any atom is -0.340 e. The quantitative estimate of drug-likeness (QED) is 0.805. The van der Waals surface area contributed by atoms with Crippen LogP contribution in [0.15, 0.2) is 16.9 Å². The predicted molar refractivity (Wildman–Crippen MR) is 72.9 cm³/mol. The van der Waals surface area contributed by atoms with Crippen molar-refractivity contribution in [3.05, 3.63) is 16.9 Å². The molecule has 0 atom stereocenters. The maximum absolute atomic E-state index is 11.3. The molecule has 0 aliphatic carbocycles. The lowest BCUT2D eigenvalue weighted by Crippen LogP contribution is -2.52. The van der Waals surface area contributed by atoms with Gasteiger partial charge < -0.3 is 4.90 Å². The van der Waals surface area contributed by atoms with E-state index in [0.29, 0.717) is 18.4 Å². The van der Waals surface area contributed by atoms with Crippen molar-refractivity contribution in [2.75, 3.05) is 37.8 Å². The van der Waals surface area contributed by atoms with Gasteiger partial charge >= 0.3 is 0 Å². The highest BCUT2D eigenvalue weighted by Crippen LogP contribution is 2.22. The molecule has 1 aromatic heterocycles. The predicted octanol–water partition coefficient (Wildman–Crippen LogP) is 0.567. The van der Waals surface area contributed by atoms with Crippen LogP contribution >= 0.6 is 15.9 Å². The highest BCUT2D eigenvalue weighted by Gasteiger charge is 2.31. The van der Waals surface area contributed by atoms with Crippen molar-refractivity contribution >= 4 is 31.9 Å². The lowest BCUT2D eigenvalue weighted by atomic mass is 10.0. The molecule has 2 heterocycles. The Hall–Kier alpha value is -0.730. The number of anilines is 1. The molecule has 0 saturated carbocycles. The second-order valence-electron chi connectivity index (χ2n) is 4.52. The summed E-state index contributed by atoms with van der Waals surface area (Å²) in [5.74, 6) is 1.04. The van der Waals surface area contributed by atoms with Crippen molar-refractivity contribution in [2.45, 2.75) is 0 Å². The molecule has 100 valence electrons. The Bertz CT molecular complexity index is 513. The van der Waals surface area contributed by atoms with Crippen LogP contribution in [0.5, 0.6) is 0 Å². The van der Waals surface area contributed by atoms with Gasteiger partial charge in [-0.2, -0.15) is 0 Å². The fourth-order valence-corrected chi connectivity index (χ4v) is 2.50. The van der Waals surface area contributed by atoms with Crippen molar-refractivity contribution < 1.29 is 8.42 Å². The van der Waals surface area contributed by atoms with Crippen molar-refractivity contribution in [1.82, 2.24) is 14.3 Å². The molecule has 6 nitrogen and oxygen atoms in total. The van der Waals surface area contributed by atoms with E-state index >= 15 is 0 Å². The smallest absolute Gasteiger partial charge is 0.225 e. The molecule has 0 amide bonds. The van der Waals surface area contributed by atoms with Gasteiger partial charge in [0.05, 0.1) is 10.7 Å². The van der Waals surface area contributed by atoms with Crippen LogP contribution < -0.4 is 4.90 Å². The van der Waals surface area contributed by atoms with Crippen molar-refractivity contribution in [3.63, 3.8) is 0 Å². The Kier molecular flexibility index (Phi) is 3.88. The molecule has 1 fully saturated rings. The first-order valence-electron chi connectivity index (χ1n) is 5.50. The van der Waals surface area contributed by atoms with Crippen LogP contribution in [-0.4, -0.2) is 55.6 Å². The number of aromatic nitrogens is 2. The van der Waals surface area contributed by atoms with Crippen LogP contribution in [0.4, 0.5) is 5.95 Å². The number of nitrogens with zero attached hydrogens (tertiary/aromatic N) is 4. The van der Waals surface area contributed by atoms with E-state index in [2.05, 4.69) is 25.9 Å². The van der Waals surface area contributed by atoms with Gasteiger partial charge in [0, 0.05) is 45.0 Å². The molecule has 1 aliphatic heterocycles. The third-order valence-corrected chi connectivity index (χ3v) is 4.62.